The van der Waals surface area contributed by atoms with E-state index in [2.05, 4.69) is 15.2 Å². The van der Waals surface area contributed by atoms with Crippen LogP contribution in [0.2, 0.25) is 0 Å². The van der Waals surface area contributed by atoms with Gasteiger partial charge in [0.25, 0.3) is 0 Å². The monoisotopic (exact) mass is 287 g/mol. The number of benzene rings is 2. The molecule has 0 atom stereocenters. The topological polar surface area (TPSA) is 53.7 Å². The highest BCUT2D eigenvalue weighted by atomic mass is 32.1. The Morgan fingerprint density at radius 3 is 2.35 bits per heavy atom. The van der Waals surface area contributed by atoms with E-state index >= 15 is 0 Å². The zero-order chi connectivity index (χ0) is 13.9. The minimum absolute atomic E-state index is 0.161. The molecule has 2 aromatic carbocycles. The van der Waals surface area contributed by atoms with Crippen molar-refractivity contribution in [3.05, 3.63) is 59.1 Å². The van der Waals surface area contributed by atoms with E-state index in [1.807, 2.05) is 12.1 Å². The van der Waals surface area contributed by atoms with Crippen molar-refractivity contribution in [2.75, 3.05) is 0 Å². The van der Waals surface area contributed by atoms with Crippen molar-refractivity contribution in [2.45, 2.75) is 0 Å². The van der Waals surface area contributed by atoms with Gasteiger partial charge in [-0.25, -0.2) is 4.39 Å². The molecule has 6 heteroatoms. The number of hydrogen-bond acceptors (Lipinski definition) is 3. The first kappa shape index (κ1) is 12.6. The molecule has 1 aromatic heterocycles. The van der Waals surface area contributed by atoms with Crippen LogP contribution in [0.1, 0.15) is 0 Å². The van der Waals surface area contributed by atoms with E-state index in [-0.39, 0.29) is 5.75 Å². The minimum Gasteiger partial charge on any atom is -0.454 e. The fourth-order valence-corrected chi connectivity index (χ4v) is 1.94. The highest BCUT2D eigenvalue weighted by Crippen LogP contribution is 2.32. The molecular formula is C14H10FN3OS. The summed E-state index contributed by atoms with van der Waals surface area (Å²) in [6.07, 6.45) is 0. The molecule has 0 unspecified atom stereocenters. The number of hydrogen-bond donors (Lipinski definition) is 2. The van der Waals surface area contributed by atoms with Crippen molar-refractivity contribution < 1.29 is 9.13 Å². The third-order valence-electron chi connectivity index (χ3n) is 2.70. The van der Waals surface area contributed by atoms with Gasteiger partial charge in [-0.3, -0.25) is 10.2 Å². The Kier molecular flexibility index (Phi) is 3.30. The maximum atomic E-state index is 13.6. The fourth-order valence-electron chi connectivity index (χ4n) is 1.79. The van der Waals surface area contributed by atoms with Crippen molar-refractivity contribution in [1.82, 2.24) is 15.2 Å². The van der Waals surface area contributed by atoms with Crippen LogP contribution in [0.4, 0.5) is 4.39 Å². The molecular weight excluding hydrogens is 277 g/mol. The molecule has 100 valence electrons. The largest absolute Gasteiger partial charge is 0.454 e. The van der Waals surface area contributed by atoms with E-state index < -0.39 is 5.82 Å². The average molecular weight is 287 g/mol. The standard InChI is InChI=1S/C14H10FN3OS/c15-10-6-2-4-8-12(10)19-11-7-3-1-5-9(11)13-16-14(20)18-17-13/h1-8H,(H2,16,17,18,20). The number of nitrogens with zero attached hydrogens (tertiary/aromatic N) is 1. The van der Waals surface area contributed by atoms with Gasteiger partial charge in [0, 0.05) is 0 Å². The first-order chi connectivity index (χ1) is 9.74. The Morgan fingerprint density at radius 2 is 1.65 bits per heavy atom. The van der Waals surface area contributed by atoms with Gasteiger partial charge in [0.05, 0.1) is 5.56 Å². The molecule has 0 bridgehead atoms. The highest BCUT2D eigenvalue weighted by Gasteiger charge is 2.11. The van der Waals surface area contributed by atoms with Gasteiger partial charge in [-0.1, -0.05) is 24.3 Å². The Hall–Kier alpha value is -2.47. The van der Waals surface area contributed by atoms with E-state index in [1.165, 1.54) is 6.07 Å². The second-order valence-corrected chi connectivity index (χ2v) is 4.43. The third-order valence-corrected chi connectivity index (χ3v) is 2.89. The van der Waals surface area contributed by atoms with Crippen LogP contribution in [0, 0.1) is 10.6 Å². The number of H-pyrrole nitrogens is 2. The van der Waals surface area contributed by atoms with Gasteiger partial charge in [0.2, 0.25) is 4.77 Å². The molecule has 1 heterocycles. The maximum absolute atomic E-state index is 13.6. The van der Waals surface area contributed by atoms with Crippen LogP contribution in [0.5, 0.6) is 11.5 Å². The summed E-state index contributed by atoms with van der Waals surface area (Å²) in [5, 5.41) is 5.57. The molecule has 0 radical (unpaired) electrons. The van der Waals surface area contributed by atoms with E-state index in [9.17, 15) is 4.39 Å². The molecule has 20 heavy (non-hydrogen) atoms. The molecule has 4 nitrogen and oxygen atoms in total. The maximum Gasteiger partial charge on any atom is 0.213 e. The zero-order valence-corrected chi connectivity index (χ0v) is 11.1. The van der Waals surface area contributed by atoms with Gasteiger partial charge in [-0.2, -0.15) is 4.98 Å². The van der Waals surface area contributed by atoms with Crippen LogP contribution in [0.3, 0.4) is 0 Å². The lowest BCUT2D eigenvalue weighted by molar-refractivity contribution is 0.443. The minimum atomic E-state index is -0.419. The van der Waals surface area contributed by atoms with Crippen molar-refractivity contribution in [3.63, 3.8) is 0 Å². The molecule has 0 spiro atoms. The van der Waals surface area contributed by atoms with Crippen molar-refractivity contribution >= 4 is 12.2 Å². The van der Waals surface area contributed by atoms with Gasteiger partial charge < -0.3 is 4.74 Å². The zero-order valence-electron chi connectivity index (χ0n) is 10.3. The second kappa shape index (κ2) is 5.26. The third kappa shape index (κ3) is 2.46. The number of para-hydroxylation sites is 2. The molecule has 0 amide bonds. The lowest BCUT2D eigenvalue weighted by Crippen LogP contribution is -1.91. The SMILES string of the molecule is Fc1ccccc1Oc1ccccc1-c1nc(=S)[nH][nH]1. The summed E-state index contributed by atoms with van der Waals surface area (Å²) >= 11 is 4.93. The summed E-state index contributed by atoms with van der Waals surface area (Å²) in [5.41, 5.74) is 0.697. The Bertz CT molecular complexity index is 797. The van der Waals surface area contributed by atoms with Gasteiger partial charge in [0.1, 0.15) is 5.75 Å². The normalized spacial score (nSPS) is 10.4. The predicted octanol–water partition coefficient (Wildman–Crippen LogP) is 4.07. The fraction of sp³-hybridized carbons (Fsp3) is 0. The Balaban J connectivity index is 2.03. The summed E-state index contributed by atoms with van der Waals surface area (Å²) in [6.45, 7) is 0. The van der Waals surface area contributed by atoms with Crippen LogP contribution in [-0.4, -0.2) is 15.2 Å². The van der Waals surface area contributed by atoms with Crippen LogP contribution in [0.15, 0.2) is 48.5 Å². The molecule has 0 aliphatic heterocycles. The number of nitrogens with one attached hydrogen (secondary N) is 2. The number of aromatic nitrogens is 3. The van der Waals surface area contributed by atoms with Crippen LogP contribution in [0.25, 0.3) is 11.4 Å². The summed E-state index contributed by atoms with van der Waals surface area (Å²) in [7, 11) is 0. The van der Waals surface area contributed by atoms with Crippen molar-refractivity contribution in [2.24, 2.45) is 0 Å². The summed E-state index contributed by atoms with van der Waals surface area (Å²) < 4.78 is 19.6. The first-order valence-corrected chi connectivity index (χ1v) is 6.31. The summed E-state index contributed by atoms with van der Waals surface area (Å²) in [6, 6.07) is 13.4. The number of halogens is 1. The molecule has 0 saturated heterocycles. The summed E-state index contributed by atoms with van der Waals surface area (Å²) in [4.78, 5) is 4.14. The van der Waals surface area contributed by atoms with Gasteiger partial charge >= 0.3 is 0 Å². The molecule has 0 saturated carbocycles. The van der Waals surface area contributed by atoms with Crippen LogP contribution in [-0.2, 0) is 0 Å². The quantitative estimate of drug-likeness (QED) is 0.714. The second-order valence-electron chi connectivity index (χ2n) is 4.04. The van der Waals surface area contributed by atoms with Crippen LogP contribution < -0.4 is 4.74 Å². The van der Waals surface area contributed by atoms with Gasteiger partial charge in [-0.05, 0) is 36.5 Å². The molecule has 0 aliphatic carbocycles. The van der Waals surface area contributed by atoms with Crippen molar-refractivity contribution in [3.8, 4) is 22.9 Å². The highest BCUT2D eigenvalue weighted by molar-refractivity contribution is 7.71. The van der Waals surface area contributed by atoms with E-state index in [0.29, 0.717) is 21.9 Å². The molecule has 0 fully saturated rings. The van der Waals surface area contributed by atoms with Crippen molar-refractivity contribution in [1.29, 1.82) is 0 Å². The van der Waals surface area contributed by atoms with E-state index in [4.69, 9.17) is 17.0 Å². The smallest absolute Gasteiger partial charge is 0.213 e. The average Bonchev–Trinajstić information content (AvgIpc) is 2.88. The molecule has 2 N–H and O–H groups in total. The number of ether oxygens (including phenoxy) is 1. The molecule has 0 aliphatic rings. The lowest BCUT2D eigenvalue weighted by atomic mass is 10.2. The molecule has 3 rings (SSSR count). The lowest BCUT2D eigenvalue weighted by Gasteiger charge is -2.09. The Morgan fingerprint density at radius 1 is 0.950 bits per heavy atom. The predicted molar refractivity (Wildman–Crippen MR) is 75.7 cm³/mol. The number of aromatic amines is 2. The van der Waals surface area contributed by atoms with E-state index in [1.54, 1.807) is 30.3 Å². The molecule has 3 aromatic rings. The van der Waals surface area contributed by atoms with Gasteiger partial charge in [-0.15, -0.1) is 0 Å². The first-order valence-electron chi connectivity index (χ1n) is 5.90. The van der Waals surface area contributed by atoms with Crippen LogP contribution >= 0.6 is 12.2 Å². The summed E-state index contributed by atoms with van der Waals surface area (Å²) in [5.74, 6) is 0.781. The number of rotatable bonds is 3. The van der Waals surface area contributed by atoms with Gasteiger partial charge in [0.15, 0.2) is 17.4 Å². The Labute approximate surface area is 119 Å². The van der Waals surface area contributed by atoms with E-state index in [0.717, 1.165) is 0 Å².